The van der Waals surface area contributed by atoms with E-state index in [1.807, 2.05) is 24.3 Å². The van der Waals surface area contributed by atoms with Crippen LogP contribution in [0.2, 0.25) is 0 Å². The number of rotatable bonds is 5. The summed E-state index contributed by atoms with van der Waals surface area (Å²) in [5.74, 6) is 1.77. The Balaban J connectivity index is 1.50. The summed E-state index contributed by atoms with van der Waals surface area (Å²) in [6, 6.07) is 7.83. The number of ether oxygens (including phenoxy) is 1. The fourth-order valence-electron chi connectivity index (χ4n) is 2.84. The second kappa shape index (κ2) is 6.48. The number of nitrogens with two attached hydrogens (primary N) is 1. The van der Waals surface area contributed by atoms with Gasteiger partial charge < -0.3 is 15.8 Å². The molecule has 2 unspecified atom stereocenters. The molecule has 2 fully saturated rings. The smallest absolute Gasteiger partial charge is 0.227 e. The van der Waals surface area contributed by atoms with E-state index in [9.17, 15) is 4.79 Å². The Bertz CT molecular complexity index is 482. The van der Waals surface area contributed by atoms with Gasteiger partial charge in [0, 0.05) is 17.6 Å². The largest absolute Gasteiger partial charge is 0.493 e. The summed E-state index contributed by atoms with van der Waals surface area (Å²) in [6.07, 6.45) is 6.41. The highest BCUT2D eigenvalue weighted by Crippen LogP contribution is 2.30. The van der Waals surface area contributed by atoms with Crippen LogP contribution in [-0.2, 0) is 4.79 Å². The number of benzene rings is 1. The number of hydrogen-bond donors (Lipinski definition) is 2. The molecule has 1 amide bonds. The standard InChI is InChI=1S/C17H24N2O2/c18-14-3-1-2-13(10-14)17(20)19-15-6-8-16(9-7-15)21-11-12-4-5-12/h6-9,12-14H,1-5,10-11,18H2,(H,19,20). The van der Waals surface area contributed by atoms with Gasteiger partial charge in [0.25, 0.3) is 0 Å². The third-order valence-corrected chi connectivity index (χ3v) is 4.39. The highest BCUT2D eigenvalue weighted by molar-refractivity contribution is 5.92. The number of carbonyl (C=O) groups is 1. The molecule has 0 spiro atoms. The Morgan fingerprint density at radius 2 is 1.95 bits per heavy atom. The third-order valence-electron chi connectivity index (χ3n) is 4.39. The summed E-state index contributed by atoms with van der Waals surface area (Å²) in [4.78, 5) is 12.2. The van der Waals surface area contributed by atoms with E-state index in [1.165, 1.54) is 12.8 Å². The zero-order chi connectivity index (χ0) is 14.7. The summed E-state index contributed by atoms with van der Waals surface area (Å²) in [7, 11) is 0. The maximum absolute atomic E-state index is 12.2. The predicted octanol–water partition coefficient (Wildman–Crippen LogP) is 2.93. The summed E-state index contributed by atoms with van der Waals surface area (Å²) in [5, 5.41) is 2.99. The quantitative estimate of drug-likeness (QED) is 0.875. The predicted molar refractivity (Wildman–Crippen MR) is 83.2 cm³/mol. The lowest BCUT2D eigenvalue weighted by Gasteiger charge is -2.25. The average molecular weight is 288 g/mol. The lowest BCUT2D eigenvalue weighted by molar-refractivity contribution is -0.120. The van der Waals surface area contributed by atoms with Gasteiger partial charge in [0.15, 0.2) is 0 Å². The van der Waals surface area contributed by atoms with Crippen LogP contribution in [0.5, 0.6) is 5.75 Å². The van der Waals surface area contributed by atoms with Crippen molar-refractivity contribution in [3.8, 4) is 5.75 Å². The summed E-state index contributed by atoms with van der Waals surface area (Å²) < 4.78 is 5.69. The van der Waals surface area contributed by atoms with E-state index in [4.69, 9.17) is 10.5 Å². The number of hydrogen-bond acceptors (Lipinski definition) is 3. The van der Waals surface area contributed by atoms with Crippen LogP contribution in [0.15, 0.2) is 24.3 Å². The van der Waals surface area contributed by atoms with E-state index in [-0.39, 0.29) is 17.9 Å². The molecule has 0 heterocycles. The normalized spacial score (nSPS) is 25.4. The van der Waals surface area contributed by atoms with Crippen LogP contribution in [0, 0.1) is 11.8 Å². The molecular formula is C17H24N2O2. The van der Waals surface area contributed by atoms with Gasteiger partial charge in [0.2, 0.25) is 5.91 Å². The highest BCUT2D eigenvalue weighted by Gasteiger charge is 2.25. The Kier molecular flexibility index (Phi) is 4.44. The van der Waals surface area contributed by atoms with Gasteiger partial charge in [0.1, 0.15) is 5.75 Å². The molecule has 0 bridgehead atoms. The topological polar surface area (TPSA) is 64.4 Å². The number of nitrogens with one attached hydrogen (secondary N) is 1. The highest BCUT2D eigenvalue weighted by atomic mass is 16.5. The number of carbonyl (C=O) groups excluding carboxylic acids is 1. The molecule has 3 N–H and O–H groups in total. The first-order valence-electron chi connectivity index (χ1n) is 8.00. The minimum Gasteiger partial charge on any atom is -0.493 e. The summed E-state index contributed by atoms with van der Waals surface area (Å²) >= 11 is 0. The number of amides is 1. The molecule has 4 heteroatoms. The molecule has 0 saturated heterocycles. The van der Waals surface area contributed by atoms with Crippen LogP contribution in [0.3, 0.4) is 0 Å². The minimum atomic E-state index is 0.0551. The van der Waals surface area contributed by atoms with Crippen LogP contribution in [-0.4, -0.2) is 18.6 Å². The molecule has 1 aromatic rings. The molecule has 21 heavy (non-hydrogen) atoms. The van der Waals surface area contributed by atoms with Gasteiger partial charge in [-0.2, -0.15) is 0 Å². The second-order valence-electron chi connectivity index (χ2n) is 6.39. The van der Waals surface area contributed by atoms with Crippen molar-refractivity contribution in [3.63, 3.8) is 0 Å². The molecule has 0 aromatic heterocycles. The lowest BCUT2D eigenvalue weighted by Crippen LogP contribution is -2.34. The van der Waals surface area contributed by atoms with E-state index < -0.39 is 0 Å². The molecule has 2 aliphatic rings. The lowest BCUT2D eigenvalue weighted by atomic mass is 9.85. The first-order chi connectivity index (χ1) is 10.2. The Labute approximate surface area is 126 Å². The SMILES string of the molecule is NC1CCCC(C(=O)Nc2ccc(OCC3CC3)cc2)C1. The zero-order valence-electron chi connectivity index (χ0n) is 12.4. The molecule has 0 aliphatic heterocycles. The van der Waals surface area contributed by atoms with E-state index >= 15 is 0 Å². The van der Waals surface area contributed by atoms with Crippen LogP contribution < -0.4 is 15.8 Å². The molecule has 0 radical (unpaired) electrons. The minimum absolute atomic E-state index is 0.0551. The molecule has 3 rings (SSSR count). The van der Waals surface area contributed by atoms with Crippen LogP contribution >= 0.6 is 0 Å². The molecule has 2 saturated carbocycles. The molecular weight excluding hydrogens is 264 g/mol. The molecule has 2 aliphatic carbocycles. The fourth-order valence-corrected chi connectivity index (χ4v) is 2.84. The van der Waals surface area contributed by atoms with E-state index in [1.54, 1.807) is 0 Å². The Hall–Kier alpha value is -1.55. The molecule has 4 nitrogen and oxygen atoms in total. The van der Waals surface area contributed by atoms with Gasteiger partial charge in [-0.3, -0.25) is 4.79 Å². The van der Waals surface area contributed by atoms with Crippen molar-refractivity contribution in [3.05, 3.63) is 24.3 Å². The fraction of sp³-hybridized carbons (Fsp3) is 0.588. The molecule has 114 valence electrons. The maximum atomic E-state index is 12.2. The van der Waals surface area contributed by atoms with Crippen molar-refractivity contribution in [2.24, 2.45) is 17.6 Å². The van der Waals surface area contributed by atoms with Gasteiger partial charge in [-0.05, 0) is 62.3 Å². The van der Waals surface area contributed by atoms with Crippen molar-refractivity contribution in [2.45, 2.75) is 44.6 Å². The molecule has 2 atom stereocenters. The third kappa shape index (κ3) is 4.21. The summed E-state index contributed by atoms with van der Waals surface area (Å²) in [6.45, 7) is 0.811. The first kappa shape index (κ1) is 14.4. The van der Waals surface area contributed by atoms with E-state index in [2.05, 4.69) is 5.32 Å². The monoisotopic (exact) mass is 288 g/mol. The van der Waals surface area contributed by atoms with Gasteiger partial charge in [-0.15, -0.1) is 0 Å². The van der Waals surface area contributed by atoms with Gasteiger partial charge in [-0.1, -0.05) is 6.42 Å². The van der Waals surface area contributed by atoms with E-state index in [0.29, 0.717) is 0 Å². The first-order valence-corrected chi connectivity index (χ1v) is 8.00. The summed E-state index contributed by atoms with van der Waals surface area (Å²) in [5.41, 5.74) is 6.77. The van der Waals surface area contributed by atoms with Crippen molar-refractivity contribution < 1.29 is 9.53 Å². The van der Waals surface area contributed by atoms with E-state index in [0.717, 1.165) is 49.6 Å². The van der Waals surface area contributed by atoms with Gasteiger partial charge in [-0.25, -0.2) is 0 Å². The van der Waals surface area contributed by atoms with Crippen molar-refractivity contribution >= 4 is 11.6 Å². The number of anilines is 1. The van der Waals surface area contributed by atoms with Crippen molar-refractivity contribution in [1.29, 1.82) is 0 Å². The zero-order valence-corrected chi connectivity index (χ0v) is 12.4. The van der Waals surface area contributed by atoms with Crippen molar-refractivity contribution in [1.82, 2.24) is 0 Å². The maximum Gasteiger partial charge on any atom is 0.227 e. The molecule has 1 aromatic carbocycles. The van der Waals surface area contributed by atoms with Crippen LogP contribution in [0.4, 0.5) is 5.69 Å². The average Bonchev–Trinajstić information content (AvgIpc) is 3.31. The Morgan fingerprint density at radius 3 is 2.62 bits per heavy atom. The van der Waals surface area contributed by atoms with Crippen LogP contribution in [0.25, 0.3) is 0 Å². The second-order valence-corrected chi connectivity index (χ2v) is 6.39. The van der Waals surface area contributed by atoms with Gasteiger partial charge >= 0.3 is 0 Å². The van der Waals surface area contributed by atoms with Gasteiger partial charge in [0.05, 0.1) is 6.61 Å². The van der Waals surface area contributed by atoms with Crippen LogP contribution in [0.1, 0.15) is 38.5 Å². The van der Waals surface area contributed by atoms with Crippen molar-refractivity contribution in [2.75, 3.05) is 11.9 Å². The Morgan fingerprint density at radius 1 is 1.19 bits per heavy atom.